The number of pyridine rings is 1. The molecular weight excluding hydrogens is 154 g/mol. The molecule has 0 atom stereocenters. The minimum Gasteiger partial charge on any atom is -0.473 e. The number of rotatable bonds is 4. The van der Waals surface area contributed by atoms with Crippen LogP contribution in [0.4, 0.5) is 0 Å². The van der Waals surface area contributed by atoms with Crippen molar-refractivity contribution < 1.29 is 9.53 Å². The van der Waals surface area contributed by atoms with Crippen LogP contribution in [0.25, 0.3) is 0 Å². The van der Waals surface area contributed by atoms with Crippen molar-refractivity contribution in [3.63, 3.8) is 0 Å². The van der Waals surface area contributed by atoms with Crippen LogP contribution in [0.2, 0.25) is 0 Å². The van der Waals surface area contributed by atoms with Gasteiger partial charge in [0.05, 0.1) is 0 Å². The van der Waals surface area contributed by atoms with Gasteiger partial charge in [0.1, 0.15) is 6.61 Å². The van der Waals surface area contributed by atoms with E-state index in [1.165, 1.54) is 6.20 Å². The van der Waals surface area contributed by atoms with Gasteiger partial charge >= 0.3 is 0 Å². The fourth-order valence-corrected chi connectivity index (χ4v) is 0.691. The van der Waals surface area contributed by atoms with Crippen LogP contribution in [-0.4, -0.2) is 17.9 Å². The number of nitrogens with zero attached hydrogens (tertiary/aromatic N) is 1. The van der Waals surface area contributed by atoms with Crippen LogP contribution in [-0.2, 0) is 0 Å². The first-order valence-corrected chi connectivity index (χ1v) is 3.51. The summed E-state index contributed by atoms with van der Waals surface area (Å²) in [7, 11) is 0. The molecule has 0 amide bonds. The quantitative estimate of drug-likeness (QED) is 0.498. The smallest absolute Gasteiger partial charge is 0.213 e. The van der Waals surface area contributed by atoms with Gasteiger partial charge in [0.2, 0.25) is 5.88 Å². The molecule has 0 fully saturated rings. The predicted octanol–water partition coefficient (Wildman–Crippen LogP) is 1.46. The van der Waals surface area contributed by atoms with Gasteiger partial charge in [-0.25, -0.2) is 4.98 Å². The van der Waals surface area contributed by atoms with E-state index in [-0.39, 0.29) is 0 Å². The Labute approximate surface area is 70.7 Å². The second-order valence-electron chi connectivity index (χ2n) is 2.15. The molecule has 0 bridgehead atoms. The highest BCUT2D eigenvalue weighted by molar-refractivity contribution is 5.73. The van der Waals surface area contributed by atoms with E-state index in [0.29, 0.717) is 18.1 Å². The number of carbonyl (C=O) groups is 1. The summed E-state index contributed by atoms with van der Waals surface area (Å²) in [6.45, 7) is 3.92. The van der Waals surface area contributed by atoms with Crippen LogP contribution in [0.15, 0.2) is 31.0 Å². The Morgan fingerprint density at radius 2 is 2.42 bits per heavy atom. The van der Waals surface area contributed by atoms with Crippen LogP contribution in [0.5, 0.6) is 5.88 Å². The van der Waals surface area contributed by atoms with Crippen molar-refractivity contribution in [2.75, 3.05) is 6.61 Å². The lowest BCUT2D eigenvalue weighted by molar-refractivity contribution is 0.112. The van der Waals surface area contributed by atoms with E-state index in [1.54, 1.807) is 18.2 Å². The van der Waals surface area contributed by atoms with Crippen LogP contribution in [0.3, 0.4) is 0 Å². The standard InChI is InChI=1S/C9H9NO2/c1-2-5-12-9-4-3-8(7-11)6-10-9/h2-4,6-7H,1,5H2. The molecule has 0 aliphatic carbocycles. The molecule has 1 rings (SSSR count). The van der Waals surface area contributed by atoms with Gasteiger partial charge in [-0.05, 0) is 6.07 Å². The van der Waals surface area contributed by atoms with Crippen molar-refractivity contribution in [3.8, 4) is 5.88 Å². The van der Waals surface area contributed by atoms with Crippen LogP contribution in [0, 0.1) is 0 Å². The fourth-order valence-electron chi connectivity index (χ4n) is 0.691. The summed E-state index contributed by atoms with van der Waals surface area (Å²) in [6.07, 6.45) is 3.84. The molecule has 0 saturated carbocycles. The first-order chi connectivity index (χ1) is 5.86. The zero-order valence-corrected chi connectivity index (χ0v) is 6.56. The van der Waals surface area contributed by atoms with Crippen molar-refractivity contribution >= 4 is 6.29 Å². The summed E-state index contributed by atoms with van der Waals surface area (Å²) in [4.78, 5) is 14.1. The Bertz CT molecular complexity index is 266. The molecule has 1 heterocycles. The largest absolute Gasteiger partial charge is 0.473 e. The average Bonchev–Trinajstić information content (AvgIpc) is 2.15. The first kappa shape index (κ1) is 8.46. The fraction of sp³-hybridized carbons (Fsp3) is 0.111. The number of carbonyl (C=O) groups excluding carboxylic acids is 1. The molecule has 0 spiro atoms. The van der Waals surface area contributed by atoms with Crippen molar-refractivity contribution in [2.45, 2.75) is 0 Å². The van der Waals surface area contributed by atoms with E-state index < -0.39 is 0 Å². The van der Waals surface area contributed by atoms with Gasteiger partial charge in [-0.2, -0.15) is 0 Å². The molecule has 0 aromatic carbocycles. The predicted molar refractivity (Wildman–Crippen MR) is 45.3 cm³/mol. The highest BCUT2D eigenvalue weighted by Crippen LogP contribution is 2.05. The molecule has 3 nitrogen and oxygen atoms in total. The van der Waals surface area contributed by atoms with Gasteiger partial charge in [0.25, 0.3) is 0 Å². The highest BCUT2D eigenvalue weighted by atomic mass is 16.5. The summed E-state index contributed by atoms with van der Waals surface area (Å²) < 4.78 is 5.11. The van der Waals surface area contributed by atoms with Crippen molar-refractivity contribution in [2.24, 2.45) is 0 Å². The lowest BCUT2D eigenvalue weighted by Gasteiger charge is -2.00. The normalized spacial score (nSPS) is 9.00. The van der Waals surface area contributed by atoms with Gasteiger partial charge < -0.3 is 4.74 Å². The zero-order chi connectivity index (χ0) is 8.81. The van der Waals surface area contributed by atoms with Crippen LogP contribution < -0.4 is 4.74 Å². The second-order valence-corrected chi connectivity index (χ2v) is 2.15. The summed E-state index contributed by atoms with van der Waals surface area (Å²) in [6, 6.07) is 3.30. The van der Waals surface area contributed by atoms with E-state index in [4.69, 9.17) is 4.74 Å². The minimum atomic E-state index is 0.424. The molecule has 0 N–H and O–H groups in total. The maximum Gasteiger partial charge on any atom is 0.213 e. The van der Waals surface area contributed by atoms with Crippen LogP contribution >= 0.6 is 0 Å². The Morgan fingerprint density at radius 1 is 1.58 bits per heavy atom. The van der Waals surface area contributed by atoms with Crippen molar-refractivity contribution in [1.82, 2.24) is 4.98 Å². The average molecular weight is 163 g/mol. The second kappa shape index (κ2) is 4.28. The number of hydrogen-bond donors (Lipinski definition) is 0. The summed E-state index contributed by atoms with van der Waals surface area (Å²) >= 11 is 0. The van der Waals surface area contributed by atoms with Gasteiger partial charge in [0, 0.05) is 17.8 Å². The van der Waals surface area contributed by atoms with Gasteiger partial charge in [-0.3, -0.25) is 4.79 Å². The molecule has 0 radical (unpaired) electrons. The zero-order valence-electron chi connectivity index (χ0n) is 6.56. The Balaban J connectivity index is 2.64. The Kier molecular flexibility index (Phi) is 3.02. The molecule has 1 aromatic rings. The van der Waals surface area contributed by atoms with E-state index >= 15 is 0 Å². The lowest BCUT2D eigenvalue weighted by Crippen LogP contribution is -1.95. The third-order valence-corrected chi connectivity index (χ3v) is 1.24. The molecule has 0 unspecified atom stereocenters. The number of ether oxygens (including phenoxy) is 1. The summed E-state index contributed by atoms with van der Waals surface area (Å²) in [5, 5.41) is 0. The maximum atomic E-state index is 10.2. The summed E-state index contributed by atoms with van der Waals surface area (Å²) in [5.41, 5.74) is 0.543. The minimum absolute atomic E-state index is 0.424. The van der Waals surface area contributed by atoms with Crippen molar-refractivity contribution in [3.05, 3.63) is 36.5 Å². The molecule has 1 aromatic heterocycles. The third-order valence-electron chi connectivity index (χ3n) is 1.24. The van der Waals surface area contributed by atoms with E-state index in [9.17, 15) is 4.79 Å². The lowest BCUT2D eigenvalue weighted by atomic mass is 10.3. The molecule has 0 aliphatic rings. The molecular formula is C9H9NO2. The van der Waals surface area contributed by atoms with Crippen LogP contribution in [0.1, 0.15) is 10.4 Å². The number of aldehydes is 1. The third kappa shape index (κ3) is 2.20. The van der Waals surface area contributed by atoms with E-state index in [1.807, 2.05) is 0 Å². The number of hydrogen-bond acceptors (Lipinski definition) is 3. The Hall–Kier alpha value is -1.64. The van der Waals surface area contributed by atoms with Crippen molar-refractivity contribution in [1.29, 1.82) is 0 Å². The molecule has 12 heavy (non-hydrogen) atoms. The molecule has 62 valence electrons. The molecule has 3 heteroatoms. The Morgan fingerprint density at radius 3 is 2.92 bits per heavy atom. The first-order valence-electron chi connectivity index (χ1n) is 3.51. The summed E-state index contributed by atoms with van der Waals surface area (Å²) in [5.74, 6) is 0.500. The monoisotopic (exact) mass is 163 g/mol. The maximum absolute atomic E-state index is 10.2. The molecule has 0 saturated heterocycles. The van der Waals surface area contributed by atoms with E-state index in [2.05, 4.69) is 11.6 Å². The topological polar surface area (TPSA) is 39.2 Å². The van der Waals surface area contributed by atoms with E-state index in [0.717, 1.165) is 6.29 Å². The van der Waals surface area contributed by atoms with Gasteiger partial charge in [-0.1, -0.05) is 12.7 Å². The van der Waals surface area contributed by atoms with Gasteiger partial charge in [-0.15, -0.1) is 0 Å². The van der Waals surface area contributed by atoms with Gasteiger partial charge in [0.15, 0.2) is 6.29 Å². The SMILES string of the molecule is C=CCOc1ccc(C=O)cn1. The number of aromatic nitrogens is 1. The molecule has 0 aliphatic heterocycles. The highest BCUT2D eigenvalue weighted by Gasteiger charge is 1.93.